The van der Waals surface area contributed by atoms with E-state index in [0.717, 1.165) is 56.7 Å². The summed E-state index contributed by atoms with van der Waals surface area (Å²) in [6.45, 7) is 5.03. The van der Waals surface area contributed by atoms with Gasteiger partial charge in [0.25, 0.3) is 0 Å². The molecule has 4 nitrogen and oxygen atoms in total. The van der Waals surface area contributed by atoms with E-state index in [2.05, 4.69) is 26.9 Å². The van der Waals surface area contributed by atoms with Crippen molar-refractivity contribution in [2.45, 2.75) is 51.2 Å². The highest BCUT2D eigenvalue weighted by molar-refractivity contribution is 5.81. The SMILES string of the molecule is Cc1cccc(CN2CC[C@@H]3[C@@H]2CCN3C(=O)C2CC2)n1. The van der Waals surface area contributed by atoms with Gasteiger partial charge in [-0.15, -0.1) is 0 Å². The van der Waals surface area contributed by atoms with E-state index in [9.17, 15) is 4.79 Å². The number of hydrogen-bond donors (Lipinski definition) is 0. The van der Waals surface area contributed by atoms with E-state index in [1.54, 1.807) is 0 Å². The van der Waals surface area contributed by atoms with Crippen LogP contribution in [0.15, 0.2) is 18.2 Å². The Morgan fingerprint density at radius 2 is 2.00 bits per heavy atom. The normalized spacial score (nSPS) is 28.9. The van der Waals surface area contributed by atoms with E-state index in [1.165, 1.54) is 0 Å². The third-order valence-corrected chi connectivity index (χ3v) is 5.21. The number of aryl methyl sites for hydroxylation is 1. The predicted octanol–water partition coefficient (Wildman–Crippen LogP) is 1.98. The maximum Gasteiger partial charge on any atom is 0.225 e. The Balaban J connectivity index is 1.44. The monoisotopic (exact) mass is 285 g/mol. The average Bonchev–Trinajstić information content (AvgIpc) is 3.12. The molecule has 0 bridgehead atoms. The van der Waals surface area contributed by atoms with Crippen LogP contribution in [-0.4, -0.2) is 45.9 Å². The summed E-state index contributed by atoms with van der Waals surface area (Å²) in [6, 6.07) is 7.26. The zero-order valence-electron chi connectivity index (χ0n) is 12.7. The predicted molar refractivity (Wildman–Crippen MR) is 80.6 cm³/mol. The molecule has 3 fully saturated rings. The molecular formula is C17H23N3O. The van der Waals surface area contributed by atoms with Crippen molar-refractivity contribution in [3.05, 3.63) is 29.6 Å². The molecule has 112 valence electrons. The molecule has 4 heteroatoms. The third kappa shape index (κ3) is 2.46. The maximum atomic E-state index is 12.4. The number of pyridine rings is 1. The van der Waals surface area contributed by atoms with Crippen molar-refractivity contribution in [1.82, 2.24) is 14.8 Å². The molecule has 1 aliphatic carbocycles. The summed E-state index contributed by atoms with van der Waals surface area (Å²) in [4.78, 5) is 21.7. The van der Waals surface area contributed by atoms with Crippen molar-refractivity contribution in [1.29, 1.82) is 0 Å². The number of fused-ring (bicyclic) bond motifs is 1. The highest BCUT2D eigenvalue weighted by atomic mass is 16.2. The molecule has 0 aromatic carbocycles. The Morgan fingerprint density at radius 3 is 2.76 bits per heavy atom. The van der Waals surface area contributed by atoms with Gasteiger partial charge in [-0.25, -0.2) is 0 Å². The van der Waals surface area contributed by atoms with Crippen molar-refractivity contribution >= 4 is 5.91 Å². The standard InChI is InChI=1S/C17H23N3O/c1-12-3-2-4-14(18-12)11-19-9-7-16-15(19)8-10-20(16)17(21)13-5-6-13/h2-4,13,15-16H,5-11H2,1H3/t15-,16+/m0/s1. The van der Waals surface area contributed by atoms with Gasteiger partial charge in [0.15, 0.2) is 0 Å². The zero-order chi connectivity index (χ0) is 14.4. The molecule has 3 heterocycles. The van der Waals surface area contributed by atoms with Crippen LogP contribution in [-0.2, 0) is 11.3 Å². The smallest absolute Gasteiger partial charge is 0.225 e. The topological polar surface area (TPSA) is 36.4 Å². The summed E-state index contributed by atoms with van der Waals surface area (Å²) in [7, 11) is 0. The first kappa shape index (κ1) is 13.3. The van der Waals surface area contributed by atoms with Crippen molar-refractivity contribution in [3.8, 4) is 0 Å². The molecule has 0 radical (unpaired) electrons. The summed E-state index contributed by atoms with van der Waals surface area (Å²) in [5.41, 5.74) is 2.24. The molecule has 0 unspecified atom stereocenters. The highest BCUT2D eigenvalue weighted by Gasteiger charge is 2.47. The van der Waals surface area contributed by atoms with Gasteiger partial charge in [0.2, 0.25) is 5.91 Å². The first-order chi connectivity index (χ1) is 10.2. The Morgan fingerprint density at radius 1 is 1.19 bits per heavy atom. The largest absolute Gasteiger partial charge is 0.338 e. The summed E-state index contributed by atoms with van der Waals surface area (Å²) < 4.78 is 0. The molecule has 0 N–H and O–H groups in total. The van der Waals surface area contributed by atoms with Crippen molar-refractivity contribution < 1.29 is 4.79 Å². The van der Waals surface area contributed by atoms with E-state index in [0.29, 0.717) is 23.9 Å². The van der Waals surface area contributed by atoms with Crippen molar-refractivity contribution in [2.75, 3.05) is 13.1 Å². The van der Waals surface area contributed by atoms with Crippen LogP contribution in [0.1, 0.15) is 37.1 Å². The van der Waals surface area contributed by atoms with Crippen LogP contribution < -0.4 is 0 Å². The number of likely N-dealkylation sites (tertiary alicyclic amines) is 2. The lowest BCUT2D eigenvalue weighted by Gasteiger charge is -2.25. The Labute approximate surface area is 126 Å². The molecule has 1 saturated carbocycles. The fraction of sp³-hybridized carbons (Fsp3) is 0.647. The molecule has 2 aliphatic heterocycles. The lowest BCUT2D eigenvalue weighted by molar-refractivity contribution is -0.133. The van der Waals surface area contributed by atoms with Crippen molar-refractivity contribution in [3.63, 3.8) is 0 Å². The maximum absolute atomic E-state index is 12.4. The molecular weight excluding hydrogens is 262 g/mol. The van der Waals surface area contributed by atoms with Gasteiger partial charge in [-0.2, -0.15) is 0 Å². The van der Waals surface area contributed by atoms with E-state index in [-0.39, 0.29) is 0 Å². The summed E-state index contributed by atoms with van der Waals surface area (Å²) in [5, 5.41) is 0. The lowest BCUT2D eigenvalue weighted by Crippen LogP contribution is -2.40. The number of carbonyl (C=O) groups is 1. The van der Waals surface area contributed by atoms with Gasteiger partial charge < -0.3 is 4.90 Å². The fourth-order valence-electron chi connectivity index (χ4n) is 4.01. The number of rotatable bonds is 3. The van der Waals surface area contributed by atoms with Gasteiger partial charge in [-0.3, -0.25) is 14.7 Å². The first-order valence-electron chi connectivity index (χ1n) is 8.19. The second-order valence-electron chi connectivity index (χ2n) is 6.76. The molecule has 3 aliphatic rings. The fourth-order valence-corrected chi connectivity index (χ4v) is 4.01. The minimum absolute atomic E-state index is 0.358. The quantitative estimate of drug-likeness (QED) is 0.852. The molecule has 1 aromatic heterocycles. The number of amides is 1. The van der Waals surface area contributed by atoms with E-state index < -0.39 is 0 Å². The van der Waals surface area contributed by atoms with Gasteiger partial charge >= 0.3 is 0 Å². The van der Waals surface area contributed by atoms with E-state index in [4.69, 9.17) is 0 Å². The molecule has 1 amide bonds. The Hall–Kier alpha value is -1.42. The molecule has 2 saturated heterocycles. The van der Waals surface area contributed by atoms with E-state index >= 15 is 0 Å². The van der Waals surface area contributed by atoms with E-state index in [1.807, 2.05) is 13.0 Å². The molecule has 0 spiro atoms. The van der Waals surface area contributed by atoms with Crippen LogP contribution in [0, 0.1) is 12.8 Å². The number of aromatic nitrogens is 1. The average molecular weight is 285 g/mol. The van der Waals surface area contributed by atoms with Gasteiger partial charge in [-0.05, 0) is 44.7 Å². The number of carbonyl (C=O) groups excluding carboxylic acids is 1. The van der Waals surface area contributed by atoms with Gasteiger partial charge in [0, 0.05) is 43.3 Å². The number of hydrogen-bond acceptors (Lipinski definition) is 3. The Kier molecular flexibility index (Phi) is 3.21. The van der Waals surface area contributed by atoms with Crippen LogP contribution in [0.25, 0.3) is 0 Å². The zero-order valence-corrected chi connectivity index (χ0v) is 12.7. The molecule has 21 heavy (non-hydrogen) atoms. The minimum Gasteiger partial charge on any atom is -0.338 e. The molecule has 2 atom stereocenters. The lowest BCUT2D eigenvalue weighted by atomic mass is 10.1. The van der Waals surface area contributed by atoms with Crippen LogP contribution >= 0.6 is 0 Å². The highest BCUT2D eigenvalue weighted by Crippen LogP contribution is 2.38. The third-order valence-electron chi connectivity index (χ3n) is 5.21. The van der Waals surface area contributed by atoms with Crippen LogP contribution in [0.3, 0.4) is 0 Å². The molecule has 4 rings (SSSR count). The summed E-state index contributed by atoms with van der Waals surface area (Å²) in [5.74, 6) is 0.786. The van der Waals surface area contributed by atoms with Gasteiger partial charge in [0.1, 0.15) is 0 Å². The Bertz CT molecular complexity index is 555. The van der Waals surface area contributed by atoms with Gasteiger partial charge in [0.05, 0.1) is 5.69 Å². The van der Waals surface area contributed by atoms with Gasteiger partial charge in [-0.1, -0.05) is 6.07 Å². The van der Waals surface area contributed by atoms with Crippen LogP contribution in [0.5, 0.6) is 0 Å². The first-order valence-corrected chi connectivity index (χ1v) is 8.19. The van der Waals surface area contributed by atoms with Crippen molar-refractivity contribution in [2.24, 2.45) is 5.92 Å². The summed E-state index contributed by atoms with van der Waals surface area (Å²) in [6.07, 6.45) is 4.50. The second kappa shape index (κ2) is 5.09. The van der Waals surface area contributed by atoms with Crippen LogP contribution in [0.4, 0.5) is 0 Å². The number of nitrogens with zero attached hydrogens (tertiary/aromatic N) is 3. The van der Waals surface area contributed by atoms with Crippen LogP contribution in [0.2, 0.25) is 0 Å². The summed E-state index contributed by atoms with van der Waals surface area (Å²) >= 11 is 0. The minimum atomic E-state index is 0.358. The molecule has 1 aromatic rings. The second-order valence-corrected chi connectivity index (χ2v) is 6.76.